The third kappa shape index (κ3) is 6.96. The number of nitrogens with one attached hydrogen (secondary N) is 2. The molecule has 0 aliphatic carbocycles. The second-order valence-electron chi connectivity index (χ2n) is 9.87. The van der Waals surface area contributed by atoms with Crippen LogP contribution < -0.4 is 10.6 Å². The van der Waals surface area contributed by atoms with Crippen molar-refractivity contribution in [1.82, 2.24) is 15.5 Å². The van der Waals surface area contributed by atoms with Crippen molar-refractivity contribution in [3.63, 3.8) is 0 Å². The van der Waals surface area contributed by atoms with E-state index in [0.29, 0.717) is 25.4 Å². The maximum atomic E-state index is 11.9. The summed E-state index contributed by atoms with van der Waals surface area (Å²) in [7, 11) is 0. The molecule has 31 heavy (non-hydrogen) atoms. The van der Waals surface area contributed by atoms with Crippen LogP contribution in [0.3, 0.4) is 0 Å². The van der Waals surface area contributed by atoms with E-state index in [1.54, 1.807) is 0 Å². The summed E-state index contributed by atoms with van der Waals surface area (Å²) in [5.74, 6) is 1.60. The number of aliphatic imine (C=N–C) groups is 1. The summed E-state index contributed by atoms with van der Waals surface area (Å²) in [6.45, 7) is 13.6. The summed E-state index contributed by atoms with van der Waals surface area (Å²) in [5, 5.41) is 6.92. The fraction of sp³-hybridized carbons (Fsp3) is 0.680. The minimum absolute atomic E-state index is 0.138. The number of hydrogen-bond donors (Lipinski definition) is 2. The average molecular weight is 429 g/mol. The van der Waals surface area contributed by atoms with E-state index in [4.69, 9.17) is 9.73 Å². The van der Waals surface area contributed by atoms with Crippen LogP contribution in [0.5, 0.6) is 0 Å². The Labute approximate surface area is 187 Å². The Kier molecular flexibility index (Phi) is 8.35. The Bertz CT molecular complexity index is 756. The van der Waals surface area contributed by atoms with Crippen molar-refractivity contribution in [3.8, 4) is 0 Å². The summed E-state index contributed by atoms with van der Waals surface area (Å²) >= 11 is 0. The van der Waals surface area contributed by atoms with E-state index >= 15 is 0 Å². The summed E-state index contributed by atoms with van der Waals surface area (Å²) < 4.78 is 6.12. The predicted octanol–water partition coefficient (Wildman–Crippen LogP) is 3.71. The molecule has 2 aliphatic rings. The second kappa shape index (κ2) is 11.0. The Balaban J connectivity index is 1.59. The van der Waals surface area contributed by atoms with Gasteiger partial charge in [-0.05, 0) is 42.7 Å². The van der Waals surface area contributed by atoms with Gasteiger partial charge in [0.1, 0.15) is 0 Å². The van der Waals surface area contributed by atoms with Gasteiger partial charge in [0.2, 0.25) is 5.91 Å². The first kappa shape index (κ1) is 23.6. The Hall–Kier alpha value is -2.08. The number of carbonyl (C=O) groups excluding carboxylic acids is 1. The highest BCUT2D eigenvalue weighted by molar-refractivity contribution is 5.79. The molecule has 1 aromatic rings. The second-order valence-corrected chi connectivity index (χ2v) is 9.87. The number of guanidine groups is 1. The molecule has 1 aromatic carbocycles. The number of ether oxygens (including phenoxy) is 1. The zero-order valence-corrected chi connectivity index (χ0v) is 19.7. The summed E-state index contributed by atoms with van der Waals surface area (Å²) in [6.07, 6.45) is 4.23. The smallest absolute Gasteiger partial charge is 0.222 e. The average Bonchev–Trinajstić information content (AvgIpc) is 3.14. The molecule has 172 valence electrons. The van der Waals surface area contributed by atoms with Crippen molar-refractivity contribution in [3.05, 3.63) is 35.4 Å². The van der Waals surface area contributed by atoms with E-state index in [9.17, 15) is 4.79 Å². The third-order valence-electron chi connectivity index (χ3n) is 6.13. The molecule has 2 unspecified atom stereocenters. The van der Waals surface area contributed by atoms with Crippen LogP contribution in [0.1, 0.15) is 64.5 Å². The number of likely N-dealkylation sites (tertiary alicyclic amines) is 1. The highest BCUT2D eigenvalue weighted by atomic mass is 16.5. The molecule has 2 atom stereocenters. The standard InChI is InChI=1S/C25H40N4O2/c1-5-26-24(28-17-21-11-8-14-31-23(21)25(2,3)4)27-16-19-9-6-10-20(15-19)18-29-13-7-12-22(29)30/h6,9-10,15,21,23H,5,7-8,11-14,16-18H2,1-4H3,(H2,26,27,28). The number of amides is 1. The number of nitrogens with zero attached hydrogens (tertiary/aromatic N) is 2. The van der Waals surface area contributed by atoms with Crippen LogP contribution in [0.2, 0.25) is 0 Å². The summed E-state index contributed by atoms with van der Waals surface area (Å²) in [4.78, 5) is 18.7. The zero-order chi connectivity index (χ0) is 22.3. The van der Waals surface area contributed by atoms with E-state index in [1.165, 1.54) is 12.0 Å². The van der Waals surface area contributed by atoms with Gasteiger partial charge in [0.15, 0.2) is 5.96 Å². The molecule has 2 aliphatic heterocycles. The van der Waals surface area contributed by atoms with Crippen molar-refractivity contribution in [2.45, 2.75) is 72.6 Å². The molecule has 2 fully saturated rings. The highest BCUT2D eigenvalue weighted by Crippen LogP contribution is 2.33. The van der Waals surface area contributed by atoms with Crippen LogP contribution >= 0.6 is 0 Å². The lowest BCUT2D eigenvalue weighted by molar-refractivity contribution is -0.128. The van der Waals surface area contributed by atoms with Crippen LogP contribution in [0.15, 0.2) is 29.3 Å². The highest BCUT2D eigenvalue weighted by Gasteiger charge is 2.35. The van der Waals surface area contributed by atoms with Crippen LogP contribution in [0.25, 0.3) is 0 Å². The minimum Gasteiger partial charge on any atom is -0.377 e. The van der Waals surface area contributed by atoms with E-state index in [-0.39, 0.29) is 17.4 Å². The topological polar surface area (TPSA) is 66.0 Å². The fourth-order valence-electron chi connectivity index (χ4n) is 4.67. The molecule has 0 spiro atoms. The normalized spacial score (nSPS) is 22.6. The predicted molar refractivity (Wildman–Crippen MR) is 126 cm³/mol. The van der Waals surface area contributed by atoms with Crippen LogP contribution in [0, 0.1) is 11.3 Å². The van der Waals surface area contributed by atoms with Gasteiger partial charge in [-0.1, -0.05) is 45.0 Å². The first-order chi connectivity index (χ1) is 14.9. The van der Waals surface area contributed by atoms with Gasteiger partial charge in [0.25, 0.3) is 0 Å². The van der Waals surface area contributed by atoms with Crippen molar-refractivity contribution < 1.29 is 9.53 Å². The Morgan fingerprint density at radius 2 is 2.03 bits per heavy atom. The molecule has 2 saturated heterocycles. The van der Waals surface area contributed by atoms with Crippen molar-refractivity contribution in [2.24, 2.45) is 16.3 Å². The lowest BCUT2D eigenvalue weighted by Crippen LogP contribution is -2.47. The SMILES string of the molecule is CCNC(=NCc1cccc(CN2CCCC2=O)c1)NCC1CCCOC1C(C)(C)C. The molecule has 6 nitrogen and oxygen atoms in total. The number of carbonyl (C=O) groups is 1. The van der Waals surface area contributed by atoms with Crippen LogP contribution in [-0.4, -0.2) is 49.1 Å². The van der Waals surface area contributed by atoms with Gasteiger partial charge in [0.05, 0.1) is 12.6 Å². The number of benzene rings is 1. The minimum atomic E-state index is 0.138. The Morgan fingerprint density at radius 1 is 1.23 bits per heavy atom. The van der Waals surface area contributed by atoms with Crippen LogP contribution in [-0.2, 0) is 22.6 Å². The molecule has 0 saturated carbocycles. The van der Waals surface area contributed by atoms with E-state index in [2.05, 4.69) is 62.6 Å². The first-order valence-electron chi connectivity index (χ1n) is 11.9. The maximum Gasteiger partial charge on any atom is 0.222 e. The van der Waals surface area contributed by atoms with E-state index < -0.39 is 0 Å². The number of rotatable bonds is 7. The van der Waals surface area contributed by atoms with Crippen LogP contribution in [0.4, 0.5) is 0 Å². The molecular weight excluding hydrogens is 388 g/mol. The zero-order valence-electron chi connectivity index (χ0n) is 19.7. The molecule has 2 heterocycles. The molecule has 1 amide bonds. The first-order valence-corrected chi connectivity index (χ1v) is 11.9. The summed E-state index contributed by atoms with van der Waals surface area (Å²) in [6, 6.07) is 8.43. The third-order valence-corrected chi connectivity index (χ3v) is 6.13. The van der Waals surface area contributed by atoms with Gasteiger partial charge in [-0.3, -0.25) is 4.79 Å². The van der Waals surface area contributed by atoms with Crippen molar-refractivity contribution in [2.75, 3.05) is 26.2 Å². The van der Waals surface area contributed by atoms with Gasteiger partial charge in [-0.15, -0.1) is 0 Å². The molecule has 6 heteroatoms. The molecular formula is C25H40N4O2. The molecule has 0 bridgehead atoms. The van der Waals surface area contributed by atoms with Gasteiger partial charge >= 0.3 is 0 Å². The lowest BCUT2D eigenvalue weighted by Gasteiger charge is -2.40. The molecule has 0 radical (unpaired) electrons. The van der Waals surface area contributed by atoms with Crippen molar-refractivity contribution >= 4 is 11.9 Å². The number of hydrogen-bond acceptors (Lipinski definition) is 3. The fourth-order valence-corrected chi connectivity index (χ4v) is 4.67. The quantitative estimate of drug-likeness (QED) is 0.513. The van der Waals surface area contributed by atoms with Gasteiger partial charge in [0, 0.05) is 45.1 Å². The lowest BCUT2D eigenvalue weighted by atomic mass is 9.78. The van der Waals surface area contributed by atoms with E-state index in [0.717, 1.165) is 50.6 Å². The van der Waals surface area contributed by atoms with Gasteiger partial charge in [-0.25, -0.2) is 4.99 Å². The monoisotopic (exact) mass is 428 g/mol. The van der Waals surface area contributed by atoms with Gasteiger partial charge < -0.3 is 20.3 Å². The van der Waals surface area contributed by atoms with E-state index in [1.807, 2.05) is 4.90 Å². The molecule has 0 aromatic heterocycles. The molecule has 2 N–H and O–H groups in total. The maximum absolute atomic E-state index is 11.9. The largest absolute Gasteiger partial charge is 0.377 e. The van der Waals surface area contributed by atoms with Gasteiger partial charge in [-0.2, -0.15) is 0 Å². The van der Waals surface area contributed by atoms with Crippen molar-refractivity contribution in [1.29, 1.82) is 0 Å². The summed E-state index contributed by atoms with van der Waals surface area (Å²) in [5.41, 5.74) is 2.47. The molecule has 3 rings (SSSR count). The Morgan fingerprint density at radius 3 is 2.74 bits per heavy atom.